The molecule has 6 nitrogen and oxygen atoms in total. The van der Waals surface area contributed by atoms with Crippen molar-refractivity contribution in [3.8, 4) is 0 Å². The normalized spacial score (nSPS) is 12.5. The van der Waals surface area contributed by atoms with E-state index in [0.29, 0.717) is 22.9 Å². The fraction of sp³-hybridized carbons (Fsp3) is 0. The van der Waals surface area contributed by atoms with Crippen LogP contribution in [0.25, 0.3) is 43.9 Å². The molecule has 1 aliphatic heterocycles. The van der Waals surface area contributed by atoms with E-state index in [1.807, 2.05) is 36.4 Å². The molecule has 6 aromatic rings. The zero-order chi connectivity index (χ0) is 19.7. The van der Waals surface area contributed by atoms with Crippen molar-refractivity contribution in [3.05, 3.63) is 72.8 Å². The Morgan fingerprint density at radius 3 is 1.30 bits per heavy atom. The second kappa shape index (κ2) is 5.61. The summed E-state index contributed by atoms with van der Waals surface area (Å²) in [5.74, 6) is 1.31. The molecule has 4 aromatic carbocycles. The molecule has 0 spiro atoms. The Morgan fingerprint density at radius 2 is 0.833 bits per heavy atom. The molecule has 0 saturated heterocycles. The first-order valence-electron chi connectivity index (χ1n) is 9.77. The van der Waals surface area contributed by atoms with Crippen LogP contribution in [0.3, 0.4) is 0 Å². The second-order valence-corrected chi connectivity index (χ2v) is 7.38. The summed E-state index contributed by atoms with van der Waals surface area (Å²) in [5.41, 5.74) is 4.66. The number of anilines is 4. The number of fused-ring (bicyclic) bond motifs is 9. The highest BCUT2D eigenvalue weighted by atomic mass is 15.2. The molecule has 0 fully saturated rings. The maximum absolute atomic E-state index is 4.92. The fourth-order valence-electron chi connectivity index (χ4n) is 4.24. The Bertz CT molecular complexity index is 1530. The van der Waals surface area contributed by atoms with E-state index >= 15 is 0 Å². The van der Waals surface area contributed by atoms with Crippen molar-refractivity contribution in [2.45, 2.75) is 0 Å². The predicted octanol–water partition coefficient (Wildman–Crippen LogP) is 5.68. The smallest absolute Gasteiger partial charge is 0.200 e. The van der Waals surface area contributed by atoms with Crippen LogP contribution in [0, 0.1) is 0 Å². The first kappa shape index (κ1) is 15.6. The minimum Gasteiger partial charge on any atom is -0.335 e. The third kappa shape index (κ3) is 2.07. The van der Waals surface area contributed by atoms with Crippen molar-refractivity contribution in [1.29, 1.82) is 0 Å². The number of aromatic nitrogens is 4. The van der Waals surface area contributed by atoms with Crippen LogP contribution >= 0.6 is 0 Å². The van der Waals surface area contributed by atoms with Crippen LogP contribution in [0.2, 0.25) is 0 Å². The van der Waals surface area contributed by atoms with Crippen LogP contribution in [0.5, 0.6) is 0 Å². The first-order valence-corrected chi connectivity index (χ1v) is 9.77. The summed E-state index contributed by atoms with van der Waals surface area (Å²) in [6.07, 6.45) is 0. The Kier molecular flexibility index (Phi) is 2.91. The number of nitrogens with zero attached hydrogens (tertiary/aromatic N) is 4. The van der Waals surface area contributed by atoms with Gasteiger partial charge in [-0.25, -0.2) is 19.9 Å². The molecular formula is C24H14N6. The Morgan fingerprint density at radius 1 is 0.433 bits per heavy atom. The van der Waals surface area contributed by atoms with E-state index in [-0.39, 0.29) is 0 Å². The molecule has 6 heteroatoms. The summed E-state index contributed by atoms with van der Waals surface area (Å²) in [6, 6.07) is 24.6. The van der Waals surface area contributed by atoms with E-state index in [1.165, 1.54) is 0 Å². The standard InChI is InChI=1S/C24H14N6/c1-3-9-15-13(7-1)14-8-2-4-10-16(14)20-19(15)27-23-24(28-20)30-22-21(29-23)25-17-11-5-6-12-18(17)26-22/h1-12H,(H,25,27,29)(H,26,28,30). The summed E-state index contributed by atoms with van der Waals surface area (Å²) in [5, 5.41) is 11.1. The van der Waals surface area contributed by atoms with Gasteiger partial charge in [0.1, 0.15) is 0 Å². The minimum atomic E-state index is 0.523. The van der Waals surface area contributed by atoms with Crippen molar-refractivity contribution in [2.24, 2.45) is 0 Å². The van der Waals surface area contributed by atoms with Gasteiger partial charge < -0.3 is 10.6 Å². The molecular weight excluding hydrogens is 372 g/mol. The predicted molar refractivity (Wildman–Crippen MR) is 121 cm³/mol. The lowest BCUT2D eigenvalue weighted by molar-refractivity contribution is 1.19. The Hall–Kier alpha value is -4.32. The lowest BCUT2D eigenvalue weighted by Crippen LogP contribution is -2.10. The second-order valence-electron chi connectivity index (χ2n) is 7.38. The van der Waals surface area contributed by atoms with E-state index in [1.54, 1.807) is 0 Å². The molecule has 0 bridgehead atoms. The average molecular weight is 386 g/mol. The first-order chi connectivity index (χ1) is 14.8. The van der Waals surface area contributed by atoms with Gasteiger partial charge in [0.15, 0.2) is 11.6 Å². The highest BCUT2D eigenvalue weighted by Crippen LogP contribution is 2.38. The van der Waals surface area contributed by atoms with Crippen LogP contribution in [0.4, 0.5) is 23.0 Å². The van der Waals surface area contributed by atoms with E-state index < -0.39 is 0 Å². The molecule has 0 aliphatic carbocycles. The maximum atomic E-state index is 4.92. The summed E-state index contributed by atoms with van der Waals surface area (Å²) in [6.45, 7) is 0. The van der Waals surface area contributed by atoms with Gasteiger partial charge in [0, 0.05) is 10.8 Å². The number of rotatable bonds is 0. The topological polar surface area (TPSA) is 75.6 Å². The van der Waals surface area contributed by atoms with Gasteiger partial charge in [-0.1, -0.05) is 60.7 Å². The summed E-state index contributed by atoms with van der Waals surface area (Å²) < 4.78 is 0. The zero-order valence-corrected chi connectivity index (χ0v) is 15.7. The molecule has 1 aliphatic rings. The third-order valence-electron chi connectivity index (χ3n) is 5.61. The SMILES string of the molecule is c1ccc2c(c1)Nc1nc3nc4c5ccccc5c5ccccc5c4nc3nc1N2. The fourth-order valence-corrected chi connectivity index (χ4v) is 4.24. The molecule has 0 radical (unpaired) electrons. The van der Waals surface area contributed by atoms with E-state index in [2.05, 4.69) is 47.0 Å². The summed E-state index contributed by atoms with van der Waals surface area (Å²) >= 11 is 0. The molecule has 0 atom stereocenters. The van der Waals surface area contributed by atoms with Crippen LogP contribution in [0.15, 0.2) is 72.8 Å². The monoisotopic (exact) mass is 386 g/mol. The van der Waals surface area contributed by atoms with Crippen LogP contribution in [-0.2, 0) is 0 Å². The van der Waals surface area contributed by atoms with Crippen molar-refractivity contribution in [1.82, 2.24) is 19.9 Å². The molecule has 30 heavy (non-hydrogen) atoms. The molecule has 3 heterocycles. The lowest BCUT2D eigenvalue weighted by atomic mass is 10.00. The zero-order valence-electron chi connectivity index (χ0n) is 15.7. The lowest BCUT2D eigenvalue weighted by Gasteiger charge is -2.21. The number of nitrogens with one attached hydrogen (secondary N) is 2. The number of para-hydroxylation sites is 2. The molecule has 2 aromatic heterocycles. The van der Waals surface area contributed by atoms with Crippen molar-refractivity contribution in [3.63, 3.8) is 0 Å². The number of hydrogen-bond acceptors (Lipinski definition) is 6. The quantitative estimate of drug-likeness (QED) is 0.258. The number of hydrogen-bond donors (Lipinski definition) is 2. The minimum absolute atomic E-state index is 0.523. The van der Waals surface area contributed by atoms with Gasteiger partial charge >= 0.3 is 0 Å². The summed E-state index contributed by atoms with van der Waals surface area (Å²) in [7, 11) is 0. The van der Waals surface area contributed by atoms with Crippen LogP contribution < -0.4 is 10.6 Å². The average Bonchev–Trinajstić information content (AvgIpc) is 2.80. The van der Waals surface area contributed by atoms with Gasteiger partial charge in [-0.2, -0.15) is 0 Å². The van der Waals surface area contributed by atoms with Crippen LogP contribution in [0.1, 0.15) is 0 Å². The van der Waals surface area contributed by atoms with E-state index in [9.17, 15) is 0 Å². The third-order valence-corrected chi connectivity index (χ3v) is 5.61. The van der Waals surface area contributed by atoms with Crippen molar-refractivity contribution >= 4 is 66.9 Å². The van der Waals surface area contributed by atoms with Gasteiger partial charge in [0.25, 0.3) is 0 Å². The van der Waals surface area contributed by atoms with Gasteiger partial charge in [-0.05, 0) is 22.9 Å². The molecule has 0 saturated carbocycles. The maximum Gasteiger partial charge on any atom is 0.200 e. The van der Waals surface area contributed by atoms with Gasteiger partial charge in [-0.15, -0.1) is 0 Å². The molecule has 0 amide bonds. The highest BCUT2D eigenvalue weighted by molar-refractivity contribution is 6.23. The number of benzene rings is 4. The Labute approximate surface area is 170 Å². The molecule has 140 valence electrons. The van der Waals surface area contributed by atoms with Gasteiger partial charge in [0.05, 0.1) is 22.4 Å². The van der Waals surface area contributed by atoms with Crippen molar-refractivity contribution in [2.75, 3.05) is 10.6 Å². The van der Waals surface area contributed by atoms with Gasteiger partial charge in [0.2, 0.25) is 11.3 Å². The van der Waals surface area contributed by atoms with Gasteiger partial charge in [-0.3, -0.25) is 0 Å². The Balaban J connectivity index is 1.58. The van der Waals surface area contributed by atoms with E-state index in [4.69, 9.17) is 19.9 Å². The molecule has 7 rings (SSSR count). The molecule has 0 unspecified atom stereocenters. The highest BCUT2D eigenvalue weighted by Gasteiger charge is 2.19. The summed E-state index contributed by atoms with van der Waals surface area (Å²) in [4.78, 5) is 19.3. The largest absolute Gasteiger partial charge is 0.335 e. The molecule has 2 N–H and O–H groups in total. The van der Waals surface area contributed by atoms with Crippen LogP contribution in [-0.4, -0.2) is 19.9 Å². The van der Waals surface area contributed by atoms with Crippen molar-refractivity contribution < 1.29 is 0 Å². The van der Waals surface area contributed by atoms with E-state index in [0.717, 1.165) is 44.0 Å².